The van der Waals surface area contributed by atoms with Gasteiger partial charge in [0.1, 0.15) is 5.60 Å². The molecule has 1 atom stereocenters. The summed E-state index contributed by atoms with van der Waals surface area (Å²) in [5, 5.41) is 0. The monoisotopic (exact) mass is 373 g/mol. The first-order chi connectivity index (χ1) is 12.3. The van der Waals surface area contributed by atoms with Crippen molar-refractivity contribution >= 4 is 18.7 Å². The van der Waals surface area contributed by atoms with Crippen molar-refractivity contribution in [1.82, 2.24) is 4.90 Å². The normalized spacial score (nSPS) is 23.9. The molecule has 0 spiro atoms. The Morgan fingerprint density at radius 3 is 2.33 bits per heavy atom. The van der Waals surface area contributed by atoms with Crippen molar-refractivity contribution in [1.29, 1.82) is 0 Å². The van der Waals surface area contributed by atoms with E-state index in [0.717, 1.165) is 17.4 Å². The topological polar surface area (TPSA) is 48.0 Å². The highest BCUT2D eigenvalue weighted by molar-refractivity contribution is 6.62. The number of carbonyl (C=O) groups is 1. The molecule has 148 valence electrons. The Hall–Kier alpha value is -1.53. The highest BCUT2D eigenvalue weighted by Crippen LogP contribution is 2.38. The smallest absolute Gasteiger partial charge is 0.444 e. The van der Waals surface area contributed by atoms with Gasteiger partial charge < -0.3 is 18.9 Å². The Labute approximate surface area is 163 Å². The third kappa shape index (κ3) is 3.74. The van der Waals surface area contributed by atoms with Crippen LogP contribution in [0.3, 0.4) is 0 Å². The molecule has 0 aliphatic carbocycles. The molecule has 1 saturated heterocycles. The Balaban J connectivity index is 1.88. The third-order valence-corrected chi connectivity index (χ3v) is 5.90. The van der Waals surface area contributed by atoms with Crippen LogP contribution in [0, 0.1) is 0 Å². The van der Waals surface area contributed by atoms with Gasteiger partial charge in [0.15, 0.2) is 0 Å². The Bertz CT molecular complexity index is 722. The number of fused-ring (bicyclic) bond motifs is 1. The van der Waals surface area contributed by atoms with Gasteiger partial charge >= 0.3 is 13.2 Å². The van der Waals surface area contributed by atoms with Gasteiger partial charge in [-0.3, -0.25) is 0 Å². The lowest BCUT2D eigenvalue weighted by atomic mass is 9.72. The molecule has 27 heavy (non-hydrogen) atoms. The third-order valence-electron chi connectivity index (χ3n) is 5.90. The fourth-order valence-electron chi connectivity index (χ4n) is 3.66. The number of ether oxygens (including phenoxy) is 1. The van der Waals surface area contributed by atoms with E-state index >= 15 is 0 Å². The first-order valence-corrected chi connectivity index (χ1v) is 9.79. The molecule has 2 aliphatic heterocycles. The fraction of sp³-hybridized carbons (Fsp3) is 0.667. The lowest BCUT2D eigenvalue weighted by Gasteiger charge is -2.37. The number of nitrogens with zero attached hydrogens (tertiary/aromatic N) is 1. The minimum absolute atomic E-state index is 0.0500. The van der Waals surface area contributed by atoms with E-state index in [9.17, 15) is 4.79 Å². The van der Waals surface area contributed by atoms with E-state index in [1.54, 1.807) is 0 Å². The zero-order valence-electron chi connectivity index (χ0n) is 17.9. The first-order valence-electron chi connectivity index (χ1n) is 9.79. The van der Waals surface area contributed by atoms with E-state index in [-0.39, 0.29) is 30.5 Å². The van der Waals surface area contributed by atoms with Crippen LogP contribution in [-0.4, -0.2) is 41.5 Å². The summed E-state index contributed by atoms with van der Waals surface area (Å²) < 4.78 is 18.1. The quantitative estimate of drug-likeness (QED) is 0.702. The molecule has 1 aromatic rings. The molecule has 0 aromatic heterocycles. The summed E-state index contributed by atoms with van der Waals surface area (Å²) in [5.74, 6) is 0. The average Bonchev–Trinajstić information content (AvgIpc) is 2.73. The molecule has 6 heteroatoms. The van der Waals surface area contributed by atoms with E-state index in [2.05, 4.69) is 46.8 Å². The summed E-state index contributed by atoms with van der Waals surface area (Å²) in [5.41, 5.74) is 2.19. The Morgan fingerprint density at radius 1 is 1.19 bits per heavy atom. The van der Waals surface area contributed by atoms with E-state index in [1.165, 1.54) is 5.56 Å². The largest absolute Gasteiger partial charge is 0.495 e. The van der Waals surface area contributed by atoms with Crippen LogP contribution in [-0.2, 0) is 20.5 Å². The molecule has 0 bridgehead atoms. The number of amides is 1. The molecule has 1 fully saturated rings. The highest BCUT2D eigenvalue weighted by Gasteiger charge is 2.52. The molecule has 0 radical (unpaired) electrons. The van der Waals surface area contributed by atoms with Crippen LogP contribution in [0.1, 0.15) is 72.6 Å². The van der Waals surface area contributed by atoms with Crippen LogP contribution in [0.15, 0.2) is 18.2 Å². The number of hydrogen-bond donors (Lipinski definition) is 0. The van der Waals surface area contributed by atoms with Gasteiger partial charge in [-0.1, -0.05) is 18.2 Å². The minimum atomic E-state index is -0.498. The molecule has 1 amide bonds. The van der Waals surface area contributed by atoms with Gasteiger partial charge in [0.25, 0.3) is 0 Å². The summed E-state index contributed by atoms with van der Waals surface area (Å²) in [6, 6.07) is 6.14. The zero-order chi connectivity index (χ0) is 20.2. The lowest BCUT2D eigenvalue weighted by Crippen LogP contribution is -2.45. The van der Waals surface area contributed by atoms with Gasteiger partial charge in [-0.05, 0) is 78.4 Å². The second-order valence-corrected chi connectivity index (χ2v) is 9.60. The Kier molecular flexibility index (Phi) is 4.88. The first kappa shape index (κ1) is 20.2. The van der Waals surface area contributed by atoms with Gasteiger partial charge in [-0.25, -0.2) is 4.79 Å². The minimum Gasteiger partial charge on any atom is -0.444 e. The molecule has 0 N–H and O–H groups in total. The standard InChI is InChI=1S/C21H32BNO4/c1-14-15-10-9-11-17(22-26-20(5,6)21(7,8)27-22)16(15)12-13-23(14)18(24)25-19(2,3)4/h9-11,14H,12-13H2,1-8H3. The molecule has 2 aliphatic rings. The summed E-state index contributed by atoms with van der Waals surface area (Å²) in [6.07, 6.45) is 0.501. The van der Waals surface area contributed by atoms with Crippen LogP contribution in [0.25, 0.3) is 0 Å². The zero-order valence-corrected chi connectivity index (χ0v) is 17.9. The average molecular weight is 373 g/mol. The van der Waals surface area contributed by atoms with Crippen molar-refractivity contribution in [2.24, 2.45) is 0 Å². The van der Waals surface area contributed by atoms with Crippen LogP contribution in [0.4, 0.5) is 4.79 Å². The maximum absolute atomic E-state index is 12.6. The second kappa shape index (κ2) is 6.52. The predicted octanol–water partition coefficient (Wildman–Crippen LogP) is 3.84. The van der Waals surface area contributed by atoms with Crippen molar-refractivity contribution in [2.45, 2.75) is 84.7 Å². The lowest BCUT2D eigenvalue weighted by molar-refractivity contribution is 0.00578. The number of benzene rings is 1. The summed E-state index contributed by atoms with van der Waals surface area (Å²) >= 11 is 0. The molecule has 1 unspecified atom stereocenters. The van der Waals surface area contributed by atoms with E-state index in [0.29, 0.717) is 6.54 Å². The molecule has 5 nitrogen and oxygen atoms in total. The molecular weight excluding hydrogens is 341 g/mol. The maximum atomic E-state index is 12.6. The Morgan fingerprint density at radius 2 is 1.78 bits per heavy atom. The van der Waals surface area contributed by atoms with Crippen molar-refractivity contribution in [3.05, 3.63) is 29.3 Å². The number of hydrogen-bond acceptors (Lipinski definition) is 4. The maximum Gasteiger partial charge on any atom is 0.495 e. The van der Waals surface area contributed by atoms with Gasteiger partial charge in [0.2, 0.25) is 0 Å². The van der Waals surface area contributed by atoms with E-state index in [1.807, 2.05) is 31.7 Å². The van der Waals surface area contributed by atoms with Crippen molar-refractivity contribution < 1.29 is 18.8 Å². The molecule has 3 rings (SSSR count). The number of carbonyl (C=O) groups excluding carboxylic acids is 1. The van der Waals surface area contributed by atoms with Crippen LogP contribution in [0.2, 0.25) is 0 Å². The van der Waals surface area contributed by atoms with Crippen LogP contribution < -0.4 is 5.46 Å². The fourth-order valence-corrected chi connectivity index (χ4v) is 3.66. The molecule has 2 heterocycles. The molecular formula is C21H32BNO4. The van der Waals surface area contributed by atoms with Gasteiger partial charge in [0.05, 0.1) is 17.2 Å². The van der Waals surface area contributed by atoms with Gasteiger partial charge in [-0.2, -0.15) is 0 Å². The van der Waals surface area contributed by atoms with E-state index < -0.39 is 5.60 Å². The number of rotatable bonds is 1. The van der Waals surface area contributed by atoms with Crippen LogP contribution in [0.5, 0.6) is 0 Å². The van der Waals surface area contributed by atoms with Crippen molar-refractivity contribution in [3.8, 4) is 0 Å². The highest BCUT2D eigenvalue weighted by atomic mass is 16.7. The summed E-state index contributed by atoms with van der Waals surface area (Å²) in [7, 11) is -0.384. The van der Waals surface area contributed by atoms with Gasteiger partial charge in [-0.15, -0.1) is 0 Å². The van der Waals surface area contributed by atoms with Crippen LogP contribution >= 0.6 is 0 Å². The SMILES string of the molecule is CC1c2cccc(B3OC(C)(C)C(C)(C)O3)c2CCN1C(=O)OC(C)(C)C. The summed E-state index contributed by atoms with van der Waals surface area (Å²) in [4.78, 5) is 14.4. The second-order valence-electron chi connectivity index (χ2n) is 9.60. The predicted molar refractivity (Wildman–Crippen MR) is 107 cm³/mol. The molecule has 0 saturated carbocycles. The van der Waals surface area contributed by atoms with E-state index in [4.69, 9.17) is 14.0 Å². The summed E-state index contributed by atoms with van der Waals surface area (Å²) in [6.45, 7) is 16.6. The van der Waals surface area contributed by atoms with Crippen molar-refractivity contribution in [2.75, 3.05) is 6.54 Å². The molecule has 1 aromatic carbocycles. The van der Waals surface area contributed by atoms with Gasteiger partial charge in [0, 0.05) is 6.54 Å². The van der Waals surface area contributed by atoms with Crippen molar-refractivity contribution in [3.63, 3.8) is 0 Å².